The van der Waals surface area contributed by atoms with Gasteiger partial charge >= 0.3 is 0 Å². The smallest absolute Gasteiger partial charge is 0.250 e. The minimum atomic E-state index is -0.719. The number of benzene rings is 1. The van der Waals surface area contributed by atoms with Crippen LogP contribution in [-0.4, -0.2) is 15.8 Å². The van der Waals surface area contributed by atoms with Crippen molar-refractivity contribution in [1.82, 2.24) is 4.57 Å². The molecule has 1 N–H and O–H groups in total. The van der Waals surface area contributed by atoms with Crippen molar-refractivity contribution >= 4 is 0 Å². The zero-order valence-corrected chi connectivity index (χ0v) is 11.7. The molecule has 106 valence electrons. The molecule has 0 aliphatic heterocycles. The molecule has 2 rings (SSSR count). The van der Waals surface area contributed by atoms with E-state index in [0.29, 0.717) is 0 Å². The van der Waals surface area contributed by atoms with E-state index >= 15 is 0 Å². The first kappa shape index (κ1) is 14.3. The summed E-state index contributed by atoms with van der Waals surface area (Å²) < 4.78 is 7.04. The Kier molecular flexibility index (Phi) is 4.58. The minimum Gasteiger partial charge on any atom is -0.491 e. The lowest BCUT2D eigenvalue weighted by atomic mass is 10.1. The van der Waals surface area contributed by atoms with E-state index in [1.165, 1.54) is 10.6 Å². The van der Waals surface area contributed by atoms with Crippen molar-refractivity contribution in [2.24, 2.45) is 0 Å². The van der Waals surface area contributed by atoms with Gasteiger partial charge in [0.25, 0.3) is 5.56 Å². The number of aliphatic hydroxyl groups excluding tert-OH is 1. The molecule has 4 nitrogen and oxygen atoms in total. The summed E-state index contributed by atoms with van der Waals surface area (Å²) in [5.41, 5.74) is 0.642. The summed E-state index contributed by atoms with van der Waals surface area (Å²) in [6.45, 7) is 4.17. The molecule has 0 saturated heterocycles. The van der Waals surface area contributed by atoms with E-state index in [1.54, 1.807) is 18.3 Å². The van der Waals surface area contributed by atoms with Gasteiger partial charge in [0.2, 0.25) is 0 Å². The van der Waals surface area contributed by atoms with Gasteiger partial charge in [0.15, 0.2) is 0 Å². The van der Waals surface area contributed by atoms with Crippen LogP contribution in [0.2, 0.25) is 0 Å². The van der Waals surface area contributed by atoms with E-state index in [1.807, 2.05) is 38.1 Å². The van der Waals surface area contributed by atoms with Gasteiger partial charge in [0.1, 0.15) is 5.75 Å². The van der Waals surface area contributed by atoms with Crippen molar-refractivity contribution in [2.45, 2.75) is 32.6 Å². The van der Waals surface area contributed by atoms with Crippen LogP contribution in [0, 0.1) is 0 Å². The predicted octanol–water partition coefficient (Wildman–Crippen LogP) is 2.37. The second kappa shape index (κ2) is 6.39. The van der Waals surface area contributed by atoms with E-state index in [-0.39, 0.29) is 18.2 Å². The molecule has 1 unspecified atom stereocenters. The van der Waals surface area contributed by atoms with E-state index in [0.717, 1.165) is 11.3 Å². The first-order valence-corrected chi connectivity index (χ1v) is 6.66. The summed E-state index contributed by atoms with van der Waals surface area (Å²) >= 11 is 0. The molecule has 1 aromatic carbocycles. The Bertz CT molecular complexity index is 602. The van der Waals surface area contributed by atoms with Gasteiger partial charge in [0, 0.05) is 12.3 Å². The number of nitrogens with zero attached hydrogens (tertiary/aromatic N) is 1. The maximum Gasteiger partial charge on any atom is 0.250 e. The summed E-state index contributed by atoms with van der Waals surface area (Å²) in [6.07, 6.45) is 1.07. The number of rotatable bonds is 5. The lowest BCUT2D eigenvalue weighted by Gasteiger charge is -2.14. The molecule has 0 saturated carbocycles. The Morgan fingerprint density at radius 1 is 1.15 bits per heavy atom. The maximum absolute atomic E-state index is 11.6. The SMILES string of the molecule is CC(C)Oc1ccc(C(O)Cn2ccccc2=O)cc1. The van der Waals surface area contributed by atoms with Crippen LogP contribution in [0.4, 0.5) is 0 Å². The number of hydrogen-bond acceptors (Lipinski definition) is 3. The van der Waals surface area contributed by atoms with Crippen LogP contribution in [0.5, 0.6) is 5.75 Å². The normalized spacial score (nSPS) is 12.4. The summed E-state index contributed by atoms with van der Waals surface area (Å²) in [7, 11) is 0. The molecular weight excluding hydrogens is 254 g/mol. The molecule has 0 spiro atoms. The van der Waals surface area contributed by atoms with Gasteiger partial charge in [-0.2, -0.15) is 0 Å². The van der Waals surface area contributed by atoms with Crippen LogP contribution in [0.15, 0.2) is 53.5 Å². The molecule has 0 bridgehead atoms. The van der Waals surface area contributed by atoms with Crippen LogP contribution in [-0.2, 0) is 6.54 Å². The number of aromatic nitrogens is 1. The predicted molar refractivity (Wildman–Crippen MR) is 77.9 cm³/mol. The Morgan fingerprint density at radius 2 is 1.85 bits per heavy atom. The van der Waals surface area contributed by atoms with Crippen LogP contribution in [0.3, 0.4) is 0 Å². The maximum atomic E-state index is 11.6. The second-order valence-corrected chi connectivity index (χ2v) is 4.94. The Morgan fingerprint density at radius 3 is 2.45 bits per heavy atom. The van der Waals surface area contributed by atoms with Gasteiger partial charge in [-0.25, -0.2) is 0 Å². The fourth-order valence-corrected chi connectivity index (χ4v) is 1.94. The molecular formula is C16H19NO3. The first-order chi connectivity index (χ1) is 9.56. The number of hydrogen-bond donors (Lipinski definition) is 1. The molecule has 0 radical (unpaired) electrons. The van der Waals surface area contributed by atoms with Crippen molar-refractivity contribution in [2.75, 3.05) is 0 Å². The van der Waals surface area contributed by atoms with Crippen LogP contribution in [0.1, 0.15) is 25.5 Å². The first-order valence-electron chi connectivity index (χ1n) is 6.66. The summed E-state index contributed by atoms with van der Waals surface area (Å²) in [5, 5.41) is 10.2. The van der Waals surface area contributed by atoms with E-state index in [4.69, 9.17) is 4.74 Å². The van der Waals surface area contributed by atoms with E-state index < -0.39 is 6.10 Å². The highest BCUT2D eigenvalue weighted by atomic mass is 16.5. The van der Waals surface area contributed by atoms with Gasteiger partial charge in [-0.15, -0.1) is 0 Å². The molecule has 0 aliphatic rings. The zero-order chi connectivity index (χ0) is 14.5. The second-order valence-electron chi connectivity index (χ2n) is 4.94. The lowest BCUT2D eigenvalue weighted by molar-refractivity contribution is 0.155. The highest BCUT2D eigenvalue weighted by Gasteiger charge is 2.09. The zero-order valence-electron chi connectivity index (χ0n) is 11.7. The summed E-state index contributed by atoms with van der Waals surface area (Å²) in [6, 6.07) is 12.2. The van der Waals surface area contributed by atoms with Crippen LogP contribution >= 0.6 is 0 Å². The molecule has 1 atom stereocenters. The lowest BCUT2D eigenvalue weighted by Crippen LogP contribution is -2.21. The third-order valence-electron chi connectivity index (χ3n) is 2.91. The average Bonchev–Trinajstić information content (AvgIpc) is 2.41. The summed E-state index contributed by atoms with van der Waals surface area (Å²) in [5.74, 6) is 0.771. The van der Waals surface area contributed by atoms with Crippen LogP contribution in [0.25, 0.3) is 0 Å². The van der Waals surface area contributed by atoms with Crippen molar-refractivity contribution in [3.8, 4) is 5.75 Å². The van der Waals surface area contributed by atoms with Crippen LogP contribution < -0.4 is 10.3 Å². The quantitative estimate of drug-likeness (QED) is 0.910. The van der Waals surface area contributed by atoms with Crippen molar-refractivity contribution in [1.29, 1.82) is 0 Å². The molecule has 20 heavy (non-hydrogen) atoms. The molecule has 1 heterocycles. The van der Waals surface area contributed by atoms with Gasteiger partial charge in [0.05, 0.1) is 18.8 Å². The number of ether oxygens (including phenoxy) is 1. The van der Waals surface area contributed by atoms with Crippen molar-refractivity contribution < 1.29 is 9.84 Å². The Labute approximate surface area is 118 Å². The molecule has 0 aliphatic carbocycles. The highest BCUT2D eigenvalue weighted by molar-refractivity contribution is 5.28. The fourth-order valence-electron chi connectivity index (χ4n) is 1.94. The Hall–Kier alpha value is -2.07. The standard InChI is InChI=1S/C16H19NO3/c1-12(2)20-14-8-6-13(7-9-14)15(18)11-17-10-4-3-5-16(17)19/h3-10,12,15,18H,11H2,1-2H3. The topological polar surface area (TPSA) is 51.5 Å². The molecule has 4 heteroatoms. The molecule has 2 aromatic rings. The highest BCUT2D eigenvalue weighted by Crippen LogP contribution is 2.19. The Balaban J connectivity index is 2.08. The van der Waals surface area contributed by atoms with E-state index in [2.05, 4.69) is 0 Å². The van der Waals surface area contributed by atoms with Gasteiger partial charge in [-0.3, -0.25) is 4.79 Å². The van der Waals surface area contributed by atoms with Gasteiger partial charge < -0.3 is 14.4 Å². The van der Waals surface area contributed by atoms with Gasteiger partial charge in [-0.05, 0) is 37.6 Å². The fraction of sp³-hybridized carbons (Fsp3) is 0.312. The number of aliphatic hydroxyl groups is 1. The average molecular weight is 273 g/mol. The molecule has 0 fully saturated rings. The third kappa shape index (κ3) is 3.71. The van der Waals surface area contributed by atoms with Crippen molar-refractivity contribution in [3.63, 3.8) is 0 Å². The molecule has 0 amide bonds. The van der Waals surface area contributed by atoms with Gasteiger partial charge in [-0.1, -0.05) is 18.2 Å². The van der Waals surface area contributed by atoms with E-state index in [9.17, 15) is 9.90 Å². The third-order valence-corrected chi connectivity index (χ3v) is 2.91. The molecule has 1 aromatic heterocycles. The minimum absolute atomic E-state index is 0.119. The number of pyridine rings is 1. The largest absolute Gasteiger partial charge is 0.491 e. The summed E-state index contributed by atoms with van der Waals surface area (Å²) in [4.78, 5) is 11.6. The monoisotopic (exact) mass is 273 g/mol. The van der Waals surface area contributed by atoms with Crippen molar-refractivity contribution in [3.05, 3.63) is 64.6 Å².